The number of benzene rings is 2. The predicted octanol–water partition coefficient (Wildman–Crippen LogP) is 4.16. The molecule has 0 radical (unpaired) electrons. The normalized spacial score (nSPS) is 10.0. The zero-order valence-corrected chi connectivity index (χ0v) is 14.6. The molecule has 2 rings (SSSR count). The van der Waals surface area contributed by atoms with Crippen LogP contribution in [0.5, 0.6) is 0 Å². The smallest absolute Gasteiger partial charge is 0.258 e. The van der Waals surface area contributed by atoms with Gasteiger partial charge in [-0.3, -0.25) is 9.59 Å². The van der Waals surface area contributed by atoms with Gasteiger partial charge in [-0.05, 0) is 55.0 Å². The van der Waals surface area contributed by atoms with Crippen LogP contribution in [-0.2, 0) is 4.79 Å². The van der Waals surface area contributed by atoms with Crippen molar-refractivity contribution in [1.82, 2.24) is 0 Å². The molecule has 2 amide bonds. The lowest BCUT2D eigenvalue weighted by Gasteiger charge is -2.18. The fraction of sp³-hybridized carbons (Fsp3) is 0.111. The van der Waals surface area contributed by atoms with Crippen molar-refractivity contribution in [1.29, 1.82) is 0 Å². The Balaban J connectivity index is 2.17. The van der Waals surface area contributed by atoms with E-state index < -0.39 is 0 Å². The highest BCUT2D eigenvalue weighted by Gasteiger charge is 2.14. The van der Waals surface area contributed by atoms with Crippen molar-refractivity contribution in [3.8, 4) is 0 Å². The average Bonchev–Trinajstić information content (AvgIpc) is 2.56. The number of nitrogens with zero attached hydrogens (tertiary/aromatic N) is 1. The summed E-state index contributed by atoms with van der Waals surface area (Å²) in [6.45, 7) is 5.39. The minimum Gasteiger partial charge on any atom is -0.323 e. The second kappa shape index (κ2) is 7.24. The van der Waals surface area contributed by atoms with E-state index in [4.69, 9.17) is 0 Å². The average molecular weight is 373 g/mol. The number of carbonyl (C=O) groups is 2. The zero-order chi connectivity index (χ0) is 17.0. The first-order valence-corrected chi connectivity index (χ1v) is 7.79. The van der Waals surface area contributed by atoms with Gasteiger partial charge < -0.3 is 10.2 Å². The number of aryl methyl sites for hydroxylation is 1. The topological polar surface area (TPSA) is 49.4 Å². The maximum atomic E-state index is 12.5. The van der Waals surface area contributed by atoms with Crippen LogP contribution in [0.1, 0.15) is 15.9 Å². The van der Waals surface area contributed by atoms with Crippen molar-refractivity contribution in [3.05, 3.63) is 70.7 Å². The molecule has 23 heavy (non-hydrogen) atoms. The zero-order valence-electron chi connectivity index (χ0n) is 13.0. The van der Waals surface area contributed by atoms with Gasteiger partial charge in [-0.15, -0.1) is 0 Å². The molecule has 0 spiro atoms. The quantitative estimate of drug-likeness (QED) is 0.819. The lowest BCUT2D eigenvalue weighted by atomic mass is 10.1. The van der Waals surface area contributed by atoms with Crippen molar-refractivity contribution in [3.63, 3.8) is 0 Å². The molecule has 0 aliphatic rings. The van der Waals surface area contributed by atoms with Crippen molar-refractivity contribution >= 4 is 39.1 Å². The number of amides is 2. The van der Waals surface area contributed by atoms with Gasteiger partial charge in [0.1, 0.15) is 0 Å². The van der Waals surface area contributed by atoms with E-state index in [1.165, 1.54) is 6.08 Å². The summed E-state index contributed by atoms with van der Waals surface area (Å²) in [6.07, 6.45) is 1.20. The molecule has 1 N–H and O–H groups in total. The second-order valence-electron chi connectivity index (χ2n) is 5.07. The van der Waals surface area contributed by atoms with E-state index >= 15 is 0 Å². The minimum absolute atomic E-state index is 0.123. The second-order valence-corrected chi connectivity index (χ2v) is 5.92. The van der Waals surface area contributed by atoms with Crippen molar-refractivity contribution in [2.24, 2.45) is 0 Å². The van der Waals surface area contributed by atoms with Crippen molar-refractivity contribution in [2.75, 3.05) is 17.3 Å². The number of nitrogens with one attached hydrogen (secondary N) is 1. The van der Waals surface area contributed by atoms with E-state index in [1.54, 1.807) is 36.2 Å². The summed E-state index contributed by atoms with van der Waals surface area (Å²) in [5, 5.41) is 2.64. The molecular formula is C18H17BrN2O2. The summed E-state index contributed by atoms with van der Waals surface area (Å²) in [5.41, 5.74) is 3.07. The summed E-state index contributed by atoms with van der Waals surface area (Å²) < 4.78 is 0.956. The van der Waals surface area contributed by atoms with Gasteiger partial charge >= 0.3 is 0 Å². The van der Waals surface area contributed by atoms with Gasteiger partial charge in [0, 0.05) is 28.5 Å². The summed E-state index contributed by atoms with van der Waals surface area (Å²) in [5.74, 6) is -0.409. The van der Waals surface area contributed by atoms with Crippen LogP contribution >= 0.6 is 15.9 Å². The SMILES string of the molecule is C=CC(=O)Nc1ccc(C(=O)N(C)c2ccc(C)c(Br)c2)cc1. The Morgan fingerprint density at radius 1 is 1.17 bits per heavy atom. The number of anilines is 2. The van der Waals surface area contributed by atoms with Gasteiger partial charge in [0.2, 0.25) is 5.91 Å². The number of halogens is 1. The summed E-state index contributed by atoms with van der Waals surface area (Å²) in [4.78, 5) is 25.4. The maximum Gasteiger partial charge on any atom is 0.258 e. The lowest BCUT2D eigenvalue weighted by molar-refractivity contribution is -0.111. The molecule has 0 aromatic heterocycles. The van der Waals surface area contributed by atoms with Crippen LogP contribution in [-0.4, -0.2) is 18.9 Å². The molecule has 0 saturated carbocycles. The van der Waals surface area contributed by atoms with Gasteiger partial charge in [-0.1, -0.05) is 28.6 Å². The molecule has 0 bridgehead atoms. The predicted molar refractivity (Wildman–Crippen MR) is 96.9 cm³/mol. The molecule has 5 heteroatoms. The molecule has 0 aliphatic heterocycles. The van der Waals surface area contributed by atoms with Crippen LogP contribution in [0.3, 0.4) is 0 Å². The molecule has 2 aromatic rings. The van der Waals surface area contributed by atoms with Gasteiger partial charge in [0.15, 0.2) is 0 Å². The number of hydrogen-bond acceptors (Lipinski definition) is 2. The van der Waals surface area contributed by atoms with E-state index in [1.807, 2.05) is 25.1 Å². The number of carbonyl (C=O) groups excluding carboxylic acids is 2. The molecule has 0 aliphatic carbocycles. The third kappa shape index (κ3) is 4.07. The summed E-state index contributed by atoms with van der Waals surface area (Å²) >= 11 is 3.47. The first-order chi connectivity index (χ1) is 10.9. The fourth-order valence-corrected chi connectivity index (χ4v) is 2.36. The molecule has 0 heterocycles. The third-order valence-electron chi connectivity index (χ3n) is 3.43. The van der Waals surface area contributed by atoms with Crippen molar-refractivity contribution < 1.29 is 9.59 Å². The summed E-state index contributed by atoms with van der Waals surface area (Å²) in [6, 6.07) is 12.5. The molecule has 4 nitrogen and oxygen atoms in total. The minimum atomic E-state index is -0.286. The van der Waals surface area contributed by atoms with Crippen molar-refractivity contribution in [2.45, 2.75) is 6.92 Å². The molecule has 0 saturated heterocycles. The molecule has 0 unspecified atom stereocenters. The fourth-order valence-electron chi connectivity index (χ4n) is 1.99. The highest BCUT2D eigenvalue weighted by Crippen LogP contribution is 2.24. The molecule has 2 aromatic carbocycles. The maximum absolute atomic E-state index is 12.5. The summed E-state index contributed by atoms with van der Waals surface area (Å²) in [7, 11) is 1.73. The molecule has 0 atom stereocenters. The van der Waals surface area contributed by atoms with E-state index in [2.05, 4.69) is 27.8 Å². The Hall–Kier alpha value is -2.40. The van der Waals surface area contributed by atoms with Gasteiger partial charge in [-0.2, -0.15) is 0 Å². The number of rotatable bonds is 4. The largest absolute Gasteiger partial charge is 0.323 e. The highest BCUT2D eigenvalue weighted by molar-refractivity contribution is 9.10. The standard InChI is InChI=1S/C18H17BrN2O2/c1-4-17(22)20-14-8-6-13(7-9-14)18(23)21(3)15-10-5-12(2)16(19)11-15/h4-11H,1H2,2-3H3,(H,20,22). The van der Waals surface area contributed by atoms with E-state index in [-0.39, 0.29) is 11.8 Å². The van der Waals surface area contributed by atoms with Crippen LogP contribution < -0.4 is 10.2 Å². The molecule has 118 valence electrons. The third-order valence-corrected chi connectivity index (χ3v) is 4.29. The Kier molecular flexibility index (Phi) is 5.34. The monoisotopic (exact) mass is 372 g/mol. The van der Waals surface area contributed by atoms with Crippen LogP contribution in [0.2, 0.25) is 0 Å². The highest BCUT2D eigenvalue weighted by atomic mass is 79.9. The first kappa shape index (κ1) is 17.0. The van der Waals surface area contributed by atoms with Crippen LogP contribution in [0.15, 0.2) is 59.6 Å². The Morgan fingerprint density at radius 2 is 1.83 bits per heavy atom. The lowest BCUT2D eigenvalue weighted by Crippen LogP contribution is -2.26. The molecular weight excluding hydrogens is 356 g/mol. The van der Waals surface area contributed by atoms with E-state index in [9.17, 15) is 9.59 Å². The molecule has 0 fully saturated rings. The number of hydrogen-bond donors (Lipinski definition) is 1. The van der Waals surface area contributed by atoms with Crippen LogP contribution in [0, 0.1) is 6.92 Å². The van der Waals surface area contributed by atoms with E-state index in [0.717, 1.165) is 15.7 Å². The van der Waals surface area contributed by atoms with Gasteiger partial charge in [-0.25, -0.2) is 0 Å². The Morgan fingerprint density at radius 3 is 2.39 bits per heavy atom. The van der Waals surface area contributed by atoms with Gasteiger partial charge in [0.25, 0.3) is 5.91 Å². The Bertz CT molecular complexity index is 754. The van der Waals surface area contributed by atoms with E-state index in [0.29, 0.717) is 11.3 Å². The van der Waals surface area contributed by atoms with Gasteiger partial charge in [0.05, 0.1) is 0 Å². The van der Waals surface area contributed by atoms with Crippen LogP contribution in [0.25, 0.3) is 0 Å². The first-order valence-electron chi connectivity index (χ1n) is 7.00. The Labute approximate surface area is 143 Å². The van der Waals surface area contributed by atoms with Crippen LogP contribution in [0.4, 0.5) is 11.4 Å².